The van der Waals surface area contributed by atoms with Crippen LogP contribution in [0.5, 0.6) is 0 Å². The van der Waals surface area contributed by atoms with Crippen molar-refractivity contribution in [3.63, 3.8) is 0 Å². The molecule has 0 saturated heterocycles. The molecular formula is C17H16N6OS. The van der Waals surface area contributed by atoms with Gasteiger partial charge in [-0.25, -0.2) is 4.98 Å². The maximum Gasteiger partial charge on any atom is 0.257 e. The lowest BCUT2D eigenvalue weighted by Gasteiger charge is -2.02. The van der Waals surface area contributed by atoms with Crippen LogP contribution in [0.1, 0.15) is 22.8 Å². The zero-order valence-electron chi connectivity index (χ0n) is 14.1. The fourth-order valence-corrected chi connectivity index (χ4v) is 3.38. The van der Waals surface area contributed by atoms with Gasteiger partial charge in [0.2, 0.25) is 0 Å². The van der Waals surface area contributed by atoms with Crippen molar-refractivity contribution in [1.82, 2.24) is 29.7 Å². The van der Waals surface area contributed by atoms with Crippen LogP contribution in [0.2, 0.25) is 0 Å². The molecular weight excluding hydrogens is 336 g/mol. The molecule has 0 aliphatic carbocycles. The Morgan fingerprint density at radius 1 is 1.04 bits per heavy atom. The Kier molecular flexibility index (Phi) is 3.96. The molecule has 1 aromatic carbocycles. The molecule has 4 aromatic rings. The number of fused-ring (bicyclic) bond motifs is 1. The molecule has 0 bridgehead atoms. The van der Waals surface area contributed by atoms with Gasteiger partial charge in [0.1, 0.15) is 0 Å². The van der Waals surface area contributed by atoms with Gasteiger partial charge >= 0.3 is 0 Å². The molecule has 0 radical (unpaired) electrons. The summed E-state index contributed by atoms with van der Waals surface area (Å²) < 4.78 is 7.29. The molecule has 0 fully saturated rings. The normalized spacial score (nSPS) is 11.3. The molecule has 126 valence electrons. The summed E-state index contributed by atoms with van der Waals surface area (Å²) in [4.78, 5) is 8.84. The van der Waals surface area contributed by atoms with Crippen LogP contribution >= 0.6 is 11.8 Å². The van der Waals surface area contributed by atoms with Crippen LogP contribution in [0, 0.1) is 20.8 Å². The Morgan fingerprint density at radius 3 is 2.64 bits per heavy atom. The SMILES string of the molecule is Cc1ccc(-c2nc(CSc3nnc4nc(C)cc(C)n34)no2)cc1. The second-order valence-corrected chi connectivity index (χ2v) is 6.77. The minimum atomic E-state index is 0.523. The van der Waals surface area contributed by atoms with Crippen molar-refractivity contribution in [1.29, 1.82) is 0 Å². The molecule has 0 aliphatic rings. The first-order valence-corrected chi connectivity index (χ1v) is 8.80. The van der Waals surface area contributed by atoms with E-state index in [9.17, 15) is 0 Å². The third-order valence-corrected chi connectivity index (χ3v) is 4.69. The predicted octanol–water partition coefficient (Wildman–Crippen LogP) is 3.39. The number of hydrogen-bond acceptors (Lipinski definition) is 7. The van der Waals surface area contributed by atoms with Gasteiger partial charge in [-0.3, -0.25) is 4.40 Å². The van der Waals surface area contributed by atoms with E-state index in [-0.39, 0.29) is 0 Å². The molecule has 0 unspecified atom stereocenters. The lowest BCUT2D eigenvalue weighted by Crippen LogP contribution is -1.98. The Balaban J connectivity index is 1.53. The van der Waals surface area contributed by atoms with Crippen molar-refractivity contribution in [3.05, 3.63) is 53.1 Å². The van der Waals surface area contributed by atoms with E-state index in [1.165, 1.54) is 17.3 Å². The standard InChI is InChI=1S/C17H16N6OS/c1-10-4-6-13(7-5-10)15-19-14(22-24-15)9-25-17-21-20-16-18-11(2)8-12(3)23(16)17/h4-8H,9H2,1-3H3. The molecule has 4 rings (SSSR count). The van der Waals surface area contributed by atoms with E-state index in [0.717, 1.165) is 22.1 Å². The molecule has 7 nitrogen and oxygen atoms in total. The molecule has 0 aliphatic heterocycles. The fourth-order valence-electron chi connectivity index (χ4n) is 2.55. The van der Waals surface area contributed by atoms with E-state index in [0.29, 0.717) is 23.2 Å². The number of aryl methyl sites for hydroxylation is 3. The first kappa shape index (κ1) is 15.8. The summed E-state index contributed by atoms with van der Waals surface area (Å²) in [5.74, 6) is 2.29. The number of aromatic nitrogens is 6. The molecule has 0 saturated carbocycles. The van der Waals surface area contributed by atoms with Crippen molar-refractivity contribution in [2.24, 2.45) is 0 Å². The minimum Gasteiger partial charge on any atom is -0.334 e. The number of thioether (sulfide) groups is 1. The maximum atomic E-state index is 5.36. The highest BCUT2D eigenvalue weighted by Crippen LogP contribution is 2.23. The highest BCUT2D eigenvalue weighted by Gasteiger charge is 2.13. The molecule has 25 heavy (non-hydrogen) atoms. The second kappa shape index (κ2) is 6.29. The van der Waals surface area contributed by atoms with Crippen molar-refractivity contribution < 1.29 is 4.52 Å². The molecule has 0 atom stereocenters. The lowest BCUT2D eigenvalue weighted by atomic mass is 10.1. The summed E-state index contributed by atoms with van der Waals surface area (Å²) in [5, 5.41) is 13.2. The van der Waals surface area contributed by atoms with Gasteiger partial charge in [0.25, 0.3) is 11.7 Å². The Morgan fingerprint density at radius 2 is 1.84 bits per heavy atom. The first-order chi connectivity index (χ1) is 12.1. The number of nitrogens with zero attached hydrogens (tertiary/aromatic N) is 6. The highest BCUT2D eigenvalue weighted by atomic mass is 32.2. The Hall–Kier alpha value is -2.74. The van der Waals surface area contributed by atoms with Crippen molar-refractivity contribution in [2.75, 3.05) is 0 Å². The van der Waals surface area contributed by atoms with Crippen molar-refractivity contribution >= 4 is 17.5 Å². The van der Waals surface area contributed by atoms with Crippen LogP contribution in [0.4, 0.5) is 0 Å². The van der Waals surface area contributed by atoms with Gasteiger partial charge in [-0.1, -0.05) is 34.6 Å². The highest BCUT2D eigenvalue weighted by molar-refractivity contribution is 7.98. The van der Waals surface area contributed by atoms with Gasteiger partial charge in [-0.05, 0) is 39.0 Å². The molecule has 0 N–H and O–H groups in total. The molecule has 3 heterocycles. The average Bonchev–Trinajstić information content (AvgIpc) is 3.20. The summed E-state index contributed by atoms with van der Waals surface area (Å²) in [6.45, 7) is 6.00. The van der Waals surface area contributed by atoms with E-state index < -0.39 is 0 Å². The van der Waals surface area contributed by atoms with Crippen LogP contribution in [-0.4, -0.2) is 29.7 Å². The van der Waals surface area contributed by atoms with E-state index >= 15 is 0 Å². The first-order valence-electron chi connectivity index (χ1n) is 7.82. The van der Waals surface area contributed by atoms with E-state index in [1.807, 2.05) is 55.5 Å². The van der Waals surface area contributed by atoms with Gasteiger partial charge in [0.05, 0.1) is 5.75 Å². The molecule has 8 heteroatoms. The topological polar surface area (TPSA) is 82.0 Å². The van der Waals surface area contributed by atoms with Crippen LogP contribution in [-0.2, 0) is 5.75 Å². The van der Waals surface area contributed by atoms with Gasteiger partial charge in [0.15, 0.2) is 11.0 Å². The van der Waals surface area contributed by atoms with Gasteiger partial charge in [-0.15, -0.1) is 10.2 Å². The number of rotatable bonds is 4. The van der Waals surface area contributed by atoms with Crippen LogP contribution in [0.3, 0.4) is 0 Å². The molecule has 0 amide bonds. The van der Waals surface area contributed by atoms with Crippen molar-refractivity contribution in [3.8, 4) is 11.5 Å². The quantitative estimate of drug-likeness (QED) is 0.521. The monoisotopic (exact) mass is 352 g/mol. The summed E-state index contributed by atoms with van der Waals surface area (Å²) in [6, 6.07) is 10.00. The Labute approximate surface area is 148 Å². The zero-order chi connectivity index (χ0) is 17.4. The van der Waals surface area contributed by atoms with Gasteiger partial charge < -0.3 is 4.52 Å². The smallest absolute Gasteiger partial charge is 0.257 e. The maximum absolute atomic E-state index is 5.36. The van der Waals surface area contributed by atoms with E-state index in [2.05, 4.69) is 25.3 Å². The van der Waals surface area contributed by atoms with E-state index in [1.54, 1.807) is 0 Å². The van der Waals surface area contributed by atoms with Crippen LogP contribution < -0.4 is 0 Å². The van der Waals surface area contributed by atoms with Crippen LogP contribution in [0.25, 0.3) is 17.2 Å². The number of hydrogen-bond donors (Lipinski definition) is 0. The lowest BCUT2D eigenvalue weighted by molar-refractivity contribution is 0.425. The summed E-state index contributed by atoms with van der Waals surface area (Å²) in [6.07, 6.45) is 0. The van der Waals surface area contributed by atoms with Gasteiger partial charge in [-0.2, -0.15) is 4.98 Å². The third kappa shape index (κ3) is 3.12. The van der Waals surface area contributed by atoms with E-state index in [4.69, 9.17) is 4.52 Å². The molecule has 3 aromatic heterocycles. The summed E-state index contributed by atoms with van der Waals surface area (Å²) >= 11 is 1.51. The third-order valence-electron chi connectivity index (χ3n) is 3.76. The van der Waals surface area contributed by atoms with Crippen molar-refractivity contribution in [2.45, 2.75) is 31.7 Å². The fraction of sp³-hybridized carbons (Fsp3) is 0.235. The number of benzene rings is 1. The molecule has 0 spiro atoms. The second-order valence-electron chi connectivity index (χ2n) is 5.83. The summed E-state index contributed by atoms with van der Waals surface area (Å²) in [5.41, 5.74) is 4.08. The zero-order valence-corrected chi connectivity index (χ0v) is 14.9. The average molecular weight is 352 g/mol. The summed E-state index contributed by atoms with van der Waals surface area (Å²) in [7, 11) is 0. The van der Waals surface area contributed by atoms with Crippen LogP contribution in [0.15, 0.2) is 40.0 Å². The predicted molar refractivity (Wildman–Crippen MR) is 94.3 cm³/mol. The van der Waals surface area contributed by atoms with Gasteiger partial charge in [0, 0.05) is 17.0 Å². The minimum absolute atomic E-state index is 0.523. The largest absolute Gasteiger partial charge is 0.334 e. The Bertz CT molecular complexity index is 1040.